The average Bonchev–Trinajstić information content (AvgIpc) is 3.13. The van der Waals surface area contributed by atoms with Crippen molar-refractivity contribution in [1.29, 1.82) is 0 Å². The normalized spacial score (nSPS) is 22.6. The van der Waals surface area contributed by atoms with Crippen molar-refractivity contribution in [2.45, 2.75) is 38.0 Å². The van der Waals surface area contributed by atoms with Crippen LogP contribution in [-0.2, 0) is 9.47 Å². The molecule has 3 atom stereocenters. The molecule has 2 aromatic rings. The Balaban J connectivity index is 2.06. The summed E-state index contributed by atoms with van der Waals surface area (Å²) in [4.78, 5) is 10.7. The second kappa shape index (κ2) is 7.59. The maximum absolute atomic E-state index is 11.1. The number of ether oxygens (including phenoxy) is 2. The van der Waals surface area contributed by atoms with Gasteiger partial charge in [0.05, 0.1) is 23.2 Å². The van der Waals surface area contributed by atoms with Crippen LogP contribution in [0.15, 0.2) is 24.4 Å². The van der Waals surface area contributed by atoms with E-state index in [1.54, 1.807) is 19.2 Å². The van der Waals surface area contributed by atoms with E-state index in [0.29, 0.717) is 13.0 Å². The summed E-state index contributed by atoms with van der Waals surface area (Å²) in [6.07, 6.45) is 0.929. The molecule has 1 aliphatic rings. The van der Waals surface area contributed by atoms with Gasteiger partial charge in [-0.3, -0.25) is 10.1 Å². The predicted octanol–water partition coefficient (Wildman–Crippen LogP) is 2.22. The second-order valence-electron chi connectivity index (χ2n) is 6.72. The molecule has 0 bridgehead atoms. The molecule has 0 spiro atoms. The standard InChI is InChI=1S/C18H22N2O5Si/c1-24-11-17-16(21)9-18(25-17)19-10-12(6-7-26(2)3)14-8-13(20(22)23)4-5-15(14)19/h4-5,8,10,16-18,21,26H,9,11H2,1-3H3. The molecular weight excluding hydrogens is 352 g/mol. The third-order valence-electron chi connectivity index (χ3n) is 4.37. The van der Waals surface area contributed by atoms with Crippen molar-refractivity contribution >= 4 is 25.4 Å². The summed E-state index contributed by atoms with van der Waals surface area (Å²) in [7, 11) is 0.475. The molecule has 138 valence electrons. The van der Waals surface area contributed by atoms with Gasteiger partial charge in [-0.15, -0.1) is 5.54 Å². The highest BCUT2D eigenvalue weighted by Gasteiger charge is 2.35. The van der Waals surface area contributed by atoms with Crippen LogP contribution in [0.4, 0.5) is 5.69 Å². The number of hydrogen-bond acceptors (Lipinski definition) is 5. The molecule has 1 aromatic carbocycles. The second-order valence-corrected chi connectivity index (χ2v) is 9.32. The van der Waals surface area contributed by atoms with E-state index in [-0.39, 0.29) is 11.9 Å². The van der Waals surface area contributed by atoms with Gasteiger partial charge >= 0.3 is 0 Å². The van der Waals surface area contributed by atoms with Crippen LogP contribution in [-0.4, -0.2) is 49.3 Å². The van der Waals surface area contributed by atoms with E-state index >= 15 is 0 Å². The van der Waals surface area contributed by atoms with Crippen molar-refractivity contribution in [2.24, 2.45) is 0 Å². The first kappa shape index (κ1) is 18.6. The van der Waals surface area contributed by atoms with E-state index < -0.39 is 25.9 Å². The number of nitrogens with zero attached hydrogens (tertiary/aromatic N) is 2. The van der Waals surface area contributed by atoms with Gasteiger partial charge in [0.2, 0.25) is 0 Å². The molecule has 0 amide bonds. The highest BCUT2D eigenvalue weighted by Crippen LogP contribution is 2.34. The molecule has 8 heteroatoms. The molecule has 7 nitrogen and oxygen atoms in total. The van der Waals surface area contributed by atoms with E-state index in [9.17, 15) is 15.2 Å². The Kier molecular flexibility index (Phi) is 5.43. The SMILES string of the molecule is COCC1OC(n2cc(C#C[SiH](C)C)c3cc([N+](=O)[O-])ccc32)CC1O. The lowest BCUT2D eigenvalue weighted by Gasteiger charge is -2.15. The number of aliphatic hydroxyl groups excluding tert-OH is 1. The first-order chi connectivity index (χ1) is 12.4. The lowest BCUT2D eigenvalue weighted by Crippen LogP contribution is -2.25. The topological polar surface area (TPSA) is 86.8 Å². The maximum Gasteiger partial charge on any atom is 0.270 e. The molecule has 1 N–H and O–H groups in total. The summed E-state index contributed by atoms with van der Waals surface area (Å²) >= 11 is 0. The molecule has 3 unspecified atom stereocenters. The van der Waals surface area contributed by atoms with E-state index in [2.05, 4.69) is 24.6 Å². The number of nitro groups is 1. The number of aliphatic hydroxyl groups is 1. The van der Waals surface area contributed by atoms with Crippen molar-refractivity contribution in [2.75, 3.05) is 13.7 Å². The summed E-state index contributed by atoms with van der Waals surface area (Å²) in [5, 5.41) is 22.1. The Bertz CT molecular complexity index is 883. The Morgan fingerprint density at radius 2 is 2.27 bits per heavy atom. The van der Waals surface area contributed by atoms with Gasteiger partial charge in [-0.25, -0.2) is 0 Å². The maximum atomic E-state index is 11.1. The first-order valence-corrected chi connectivity index (χ1v) is 11.4. The van der Waals surface area contributed by atoms with Crippen molar-refractivity contribution in [3.05, 3.63) is 40.1 Å². The Morgan fingerprint density at radius 1 is 1.50 bits per heavy atom. The molecule has 0 aliphatic carbocycles. The minimum atomic E-state index is -1.09. The monoisotopic (exact) mass is 374 g/mol. The molecule has 1 aromatic heterocycles. The fourth-order valence-corrected chi connectivity index (χ4v) is 3.56. The molecule has 1 saturated heterocycles. The summed E-state index contributed by atoms with van der Waals surface area (Å²) < 4.78 is 12.9. The summed E-state index contributed by atoms with van der Waals surface area (Å²) in [5.74, 6) is 3.17. The van der Waals surface area contributed by atoms with Crippen LogP contribution in [0.5, 0.6) is 0 Å². The van der Waals surface area contributed by atoms with Crippen molar-refractivity contribution in [3.63, 3.8) is 0 Å². The Morgan fingerprint density at radius 3 is 2.92 bits per heavy atom. The van der Waals surface area contributed by atoms with Crippen molar-refractivity contribution < 1.29 is 19.5 Å². The molecule has 0 radical (unpaired) electrons. The van der Waals surface area contributed by atoms with Crippen LogP contribution < -0.4 is 0 Å². The summed E-state index contributed by atoms with van der Waals surface area (Å²) in [6.45, 7) is 4.56. The van der Waals surface area contributed by atoms with Gasteiger partial charge in [0.1, 0.15) is 21.1 Å². The Labute approximate surface area is 153 Å². The van der Waals surface area contributed by atoms with Crippen molar-refractivity contribution in [3.8, 4) is 11.5 Å². The third-order valence-corrected chi connectivity index (χ3v) is 5.09. The number of aromatic nitrogens is 1. The van der Waals surface area contributed by atoms with Crippen LogP contribution in [0.1, 0.15) is 18.2 Å². The van der Waals surface area contributed by atoms with Gasteiger partial charge in [0, 0.05) is 42.8 Å². The Hall–Kier alpha value is -2.18. The number of nitro benzene ring substituents is 1. The number of rotatable bonds is 4. The number of hydrogen-bond donors (Lipinski definition) is 1. The van der Waals surface area contributed by atoms with Gasteiger partial charge in [-0.05, 0) is 6.07 Å². The highest BCUT2D eigenvalue weighted by molar-refractivity contribution is 6.64. The van der Waals surface area contributed by atoms with E-state index in [4.69, 9.17) is 9.47 Å². The van der Waals surface area contributed by atoms with Crippen LogP contribution >= 0.6 is 0 Å². The lowest BCUT2D eigenvalue weighted by atomic mass is 10.1. The lowest BCUT2D eigenvalue weighted by molar-refractivity contribution is -0.384. The molecule has 3 rings (SSSR count). The molecule has 26 heavy (non-hydrogen) atoms. The summed E-state index contributed by atoms with van der Waals surface area (Å²) in [6, 6.07) is 4.74. The summed E-state index contributed by atoms with van der Waals surface area (Å²) in [5.41, 5.74) is 4.83. The molecule has 2 heterocycles. The van der Waals surface area contributed by atoms with Gasteiger partial charge in [-0.2, -0.15) is 0 Å². The number of methoxy groups -OCH3 is 1. The number of benzene rings is 1. The van der Waals surface area contributed by atoms with Gasteiger partial charge in [0.15, 0.2) is 0 Å². The molecule has 1 fully saturated rings. The highest BCUT2D eigenvalue weighted by atomic mass is 28.3. The van der Waals surface area contributed by atoms with Gasteiger partial charge < -0.3 is 19.1 Å². The average molecular weight is 374 g/mol. The van der Waals surface area contributed by atoms with Crippen LogP contribution in [0, 0.1) is 21.6 Å². The van der Waals surface area contributed by atoms with Crippen LogP contribution in [0.2, 0.25) is 13.1 Å². The number of fused-ring (bicyclic) bond motifs is 1. The fraction of sp³-hybridized carbons (Fsp3) is 0.444. The van der Waals surface area contributed by atoms with E-state index in [1.165, 1.54) is 6.07 Å². The molecular formula is C18H22N2O5Si. The number of non-ortho nitro benzene ring substituents is 1. The smallest absolute Gasteiger partial charge is 0.270 e. The van der Waals surface area contributed by atoms with Crippen LogP contribution in [0.25, 0.3) is 10.9 Å². The largest absolute Gasteiger partial charge is 0.390 e. The zero-order valence-corrected chi connectivity index (χ0v) is 16.2. The molecule has 1 aliphatic heterocycles. The van der Waals surface area contributed by atoms with Crippen molar-refractivity contribution in [1.82, 2.24) is 4.57 Å². The quantitative estimate of drug-likeness (QED) is 0.384. The van der Waals surface area contributed by atoms with E-state index in [1.807, 2.05) is 10.8 Å². The minimum Gasteiger partial charge on any atom is -0.390 e. The van der Waals surface area contributed by atoms with Gasteiger partial charge in [0.25, 0.3) is 5.69 Å². The third kappa shape index (κ3) is 3.66. The zero-order chi connectivity index (χ0) is 18.8. The zero-order valence-electron chi connectivity index (χ0n) is 15.0. The minimum absolute atomic E-state index is 0.0322. The van der Waals surface area contributed by atoms with E-state index in [0.717, 1.165) is 16.5 Å². The predicted molar refractivity (Wildman–Crippen MR) is 101 cm³/mol. The fourth-order valence-electron chi connectivity index (χ4n) is 3.12. The first-order valence-electron chi connectivity index (χ1n) is 8.53. The molecule has 0 saturated carbocycles. The van der Waals surface area contributed by atoms with Crippen LogP contribution in [0.3, 0.4) is 0 Å². The van der Waals surface area contributed by atoms with Gasteiger partial charge in [-0.1, -0.05) is 19.0 Å².